The molecule has 15 rings (SSSR count). The molecule has 0 amide bonds. The zero-order chi connectivity index (χ0) is 45.2. The van der Waals surface area contributed by atoms with Gasteiger partial charge in [-0.15, -0.1) is 22.7 Å². The molecule has 3 N–H and O–H groups in total. The summed E-state index contributed by atoms with van der Waals surface area (Å²) < 4.78 is 12.0. The van der Waals surface area contributed by atoms with E-state index < -0.39 is 0 Å². The van der Waals surface area contributed by atoms with Gasteiger partial charge in [-0.3, -0.25) is 16.0 Å². The van der Waals surface area contributed by atoms with Crippen molar-refractivity contribution in [2.45, 2.75) is 18.5 Å². The number of hydrogen-bond donors (Lipinski definition) is 3. The highest BCUT2D eigenvalue weighted by atomic mass is 32.1. The Hall–Kier alpha value is -7.68. The third kappa shape index (κ3) is 6.17. The minimum absolute atomic E-state index is 0.152. The number of nitrogens with one attached hydrogen (secondary N) is 3. The molecule has 3 atom stereocenters. The van der Waals surface area contributed by atoms with Crippen molar-refractivity contribution in [3.8, 4) is 22.3 Å². The molecular weight excluding hydrogens is 879 g/mol. The average molecular weight is 920 g/mol. The van der Waals surface area contributed by atoms with Crippen LogP contribution in [0, 0.1) is 0 Å². The lowest BCUT2D eigenvalue weighted by molar-refractivity contribution is 0.205. The predicted molar refractivity (Wildman–Crippen MR) is 293 cm³/mol. The van der Waals surface area contributed by atoms with E-state index in [2.05, 4.69) is 228 Å². The summed E-state index contributed by atoms with van der Waals surface area (Å²) >= 11 is 3.73. The summed E-state index contributed by atoms with van der Waals surface area (Å²) in [6.45, 7) is 0. The van der Waals surface area contributed by atoms with Crippen LogP contribution in [-0.2, 0) is 0 Å². The first-order valence-electron chi connectivity index (χ1n) is 23.7. The molecule has 1 saturated heterocycles. The van der Waals surface area contributed by atoms with Crippen LogP contribution >= 0.6 is 22.7 Å². The summed E-state index contributed by atoms with van der Waals surface area (Å²) in [4.78, 5) is 0. The molecule has 3 aromatic heterocycles. The van der Waals surface area contributed by atoms with E-state index in [1.54, 1.807) is 0 Å². The van der Waals surface area contributed by atoms with Gasteiger partial charge < -0.3 is 4.42 Å². The zero-order valence-corrected chi connectivity index (χ0v) is 38.8. The number of thiophene rings is 2. The highest BCUT2D eigenvalue weighted by Gasteiger charge is 2.32. The third-order valence-electron chi connectivity index (χ3n) is 14.6. The molecule has 0 bridgehead atoms. The molecule has 3 unspecified atom stereocenters. The van der Waals surface area contributed by atoms with Crippen LogP contribution in [0.4, 0.5) is 0 Å². The molecule has 0 saturated carbocycles. The maximum absolute atomic E-state index is 6.76. The molecule has 0 spiro atoms. The summed E-state index contributed by atoms with van der Waals surface area (Å²) in [5.41, 5.74) is 10.1. The van der Waals surface area contributed by atoms with Crippen molar-refractivity contribution in [2.75, 3.05) is 0 Å². The summed E-state index contributed by atoms with van der Waals surface area (Å²) in [5.74, 6) is 0. The molecule has 11 aromatic carbocycles. The summed E-state index contributed by atoms with van der Waals surface area (Å²) in [7, 11) is 0. The third-order valence-corrected chi connectivity index (χ3v) is 17.0. The van der Waals surface area contributed by atoms with Gasteiger partial charge in [0.15, 0.2) is 0 Å². The molecule has 69 heavy (non-hydrogen) atoms. The van der Waals surface area contributed by atoms with E-state index in [-0.39, 0.29) is 18.5 Å². The Balaban J connectivity index is 0.861. The van der Waals surface area contributed by atoms with Gasteiger partial charge in [0.25, 0.3) is 0 Å². The molecular formula is C63H41N3OS2. The Kier molecular flexibility index (Phi) is 8.79. The van der Waals surface area contributed by atoms with Gasteiger partial charge in [-0.05, 0) is 114 Å². The fourth-order valence-corrected chi connectivity index (χ4v) is 13.8. The molecule has 0 radical (unpaired) electrons. The van der Waals surface area contributed by atoms with Crippen molar-refractivity contribution in [1.29, 1.82) is 0 Å². The van der Waals surface area contributed by atoms with Gasteiger partial charge in [-0.1, -0.05) is 170 Å². The van der Waals surface area contributed by atoms with Crippen molar-refractivity contribution < 1.29 is 4.42 Å². The minimum Gasteiger partial charge on any atom is -0.456 e. The SMILES string of the molecule is c1ccc2c(c1)cc(C1NC(c3ccc4c(c3)sc3ccccc34)NC(c3cccc4c(-c5cccc6oc7cc(-c8cccc9c8sc8ccccc89)ccc7c56)cccc34)N1)c1ccccc12. The topological polar surface area (TPSA) is 49.2 Å². The van der Waals surface area contributed by atoms with Gasteiger partial charge in [0.05, 0.1) is 18.5 Å². The quantitative estimate of drug-likeness (QED) is 0.151. The van der Waals surface area contributed by atoms with Gasteiger partial charge in [0, 0.05) is 51.1 Å². The lowest BCUT2D eigenvalue weighted by atomic mass is 9.91. The van der Waals surface area contributed by atoms with Crippen LogP contribution in [0.15, 0.2) is 217 Å². The van der Waals surface area contributed by atoms with Gasteiger partial charge in [-0.25, -0.2) is 0 Å². The van der Waals surface area contributed by atoms with Crippen LogP contribution in [0.2, 0.25) is 0 Å². The maximum atomic E-state index is 6.76. The Bertz CT molecular complexity index is 4410. The Morgan fingerprint density at radius 3 is 1.80 bits per heavy atom. The molecule has 0 aliphatic carbocycles. The van der Waals surface area contributed by atoms with Crippen LogP contribution in [0.25, 0.3) is 117 Å². The number of hydrogen-bond acceptors (Lipinski definition) is 6. The first-order chi connectivity index (χ1) is 34.2. The maximum Gasteiger partial charge on any atom is 0.136 e. The zero-order valence-electron chi connectivity index (χ0n) is 37.2. The standard InChI is InChI=1S/C63H41N3OS2/c1-2-14-39-36(13-1)33-53(45-16-4-3-15-41(39)45)63-65-61(38-30-31-48-46-17-5-7-27-56(46)68-58(48)35-38)64-62(66-63)51-25-11-20-42-43(21-10-22-44(42)51)49-23-12-26-54-59(49)52-32-29-37(34-55(52)67-54)40-19-9-24-50-47-18-6-8-28-57(47)69-60(40)50/h1-35,61-66H. The lowest BCUT2D eigenvalue weighted by Crippen LogP contribution is -2.54. The Morgan fingerprint density at radius 1 is 0.333 bits per heavy atom. The number of furan rings is 1. The van der Waals surface area contributed by atoms with Crippen molar-refractivity contribution in [3.05, 3.63) is 229 Å². The van der Waals surface area contributed by atoms with E-state index in [1.807, 2.05) is 22.7 Å². The molecule has 6 heteroatoms. The van der Waals surface area contributed by atoms with Gasteiger partial charge in [-0.2, -0.15) is 0 Å². The first-order valence-corrected chi connectivity index (χ1v) is 25.3. The van der Waals surface area contributed by atoms with Crippen LogP contribution in [0.3, 0.4) is 0 Å². The second-order valence-corrected chi connectivity index (χ2v) is 20.5. The van der Waals surface area contributed by atoms with Crippen LogP contribution in [0.1, 0.15) is 35.2 Å². The van der Waals surface area contributed by atoms with Gasteiger partial charge in [0.1, 0.15) is 11.2 Å². The van der Waals surface area contributed by atoms with Gasteiger partial charge >= 0.3 is 0 Å². The number of fused-ring (bicyclic) bond motifs is 13. The number of benzene rings is 11. The molecule has 1 aliphatic rings. The van der Waals surface area contributed by atoms with E-state index in [0.717, 1.165) is 33.1 Å². The molecule has 326 valence electrons. The van der Waals surface area contributed by atoms with Crippen LogP contribution in [0.5, 0.6) is 0 Å². The Labute approximate surface area is 405 Å². The highest BCUT2D eigenvalue weighted by molar-refractivity contribution is 7.26. The van der Waals surface area contributed by atoms with E-state index in [0.29, 0.717) is 0 Å². The minimum atomic E-state index is -0.196. The summed E-state index contributed by atoms with van der Waals surface area (Å²) in [5, 5.41) is 27.1. The molecule has 4 nitrogen and oxygen atoms in total. The summed E-state index contributed by atoms with van der Waals surface area (Å²) in [6, 6.07) is 77.9. The van der Waals surface area contributed by atoms with Crippen molar-refractivity contribution in [2.24, 2.45) is 0 Å². The van der Waals surface area contributed by atoms with E-state index in [1.165, 1.54) is 100 Å². The fourth-order valence-electron chi connectivity index (χ4n) is 11.5. The van der Waals surface area contributed by atoms with Gasteiger partial charge in [0.2, 0.25) is 0 Å². The van der Waals surface area contributed by atoms with Crippen LogP contribution in [-0.4, -0.2) is 0 Å². The van der Waals surface area contributed by atoms with Crippen molar-refractivity contribution >= 4 is 117 Å². The van der Waals surface area contributed by atoms with E-state index >= 15 is 0 Å². The second kappa shape index (κ2) is 15.4. The summed E-state index contributed by atoms with van der Waals surface area (Å²) in [6.07, 6.45) is -0.520. The molecule has 1 aliphatic heterocycles. The average Bonchev–Trinajstić information content (AvgIpc) is 4.11. The van der Waals surface area contributed by atoms with E-state index in [9.17, 15) is 0 Å². The second-order valence-electron chi connectivity index (χ2n) is 18.4. The first kappa shape index (κ1) is 39.3. The number of rotatable bonds is 5. The fraction of sp³-hybridized carbons (Fsp3) is 0.0476. The molecule has 14 aromatic rings. The smallest absolute Gasteiger partial charge is 0.136 e. The molecule has 4 heterocycles. The molecule has 1 fully saturated rings. The van der Waals surface area contributed by atoms with E-state index in [4.69, 9.17) is 4.42 Å². The largest absolute Gasteiger partial charge is 0.456 e. The monoisotopic (exact) mass is 919 g/mol. The van der Waals surface area contributed by atoms with Crippen molar-refractivity contribution in [3.63, 3.8) is 0 Å². The van der Waals surface area contributed by atoms with Crippen molar-refractivity contribution in [1.82, 2.24) is 16.0 Å². The normalized spacial score (nSPS) is 16.7. The van der Waals surface area contributed by atoms with Crippen LogP contribution < -0.4 is 16.0 Å². The Morgan fingerprint density at radius 2 is 0.928 bits per heavy atom. The predicted octanol–water partition coefficient (Wildman–Crippen LogP) is 17.3. The highest BCUT2D eigenvalue weighted by Crippen LogP contribution is 2.45. The lowest BCUT2D eigenvalue weighted by Gasteiger charge is -2.40.